The van der Waals surface area contributed by atoms with Gasteiger partial charge in [0.05, 0.1) is 12.2 Å². The van der Waals surface area contributed by atoms with Crippen molar-refractivity contribution < 1.29 is 18.7 Å². The van der Waals surface area contributed by atoms with E-state index in [0.717, 1.165) is 9.99 Å². The SMILES string of the molecule is CCOC(=O)C(Oc1ccc(Br)cc1-c1nc2ccccc2o1)c1ccccc1. The van der Waals surface area contributed by atoms with E-state index in [0.29, 0.717) is 28.4 Å². The zero-order valence-corrected chi connectivity index (χ0v) is 17.3. The molecule has 0 aliphatic rings. The third kappa shape index (κ3) is 4.17. The number of hydrogen-bond donors (Lipinski definition) is 0. The number of carbonyl (C=O) groups excluding carboxylic acids is 1. The molecule has 1 unspecified atom stereocenters. The summed E-state index contributed by atoms with van der Waals surface area (Å²) < 4.78 is 18.2. The summed E-state index contributed by atoms with van der Waals surface area (Å²) in [4.78, 5) is 17.2. The molecular weight excluding hydrogens is 434 g/mol. The predicted molar refractivity (Wildman–Crippen MR) is 114 cm³/mol. The summed E-state index contributed by atoms with van der Waals surface area (Å²) in [5.41, 5.74) is 2.77. The van der Waals surface area contributed by atoms with Gasteiger partial charge in [0.25, 0.3) is 0 Å². The highest BCUT2D eigenvalue weighted by Crippen LogP contribution is 2.36. The van der Waals surface area contributed by atoms with Crippen LogP contribution in [0, 0.1) is 0 Å². The van der Waals surface area contributed by atoms with Gasteiger partial charge in [-0.2, -0.15) is 0 Å². The number of esters is 1. The van der Waals surface area contributed by atoms with E-state index in [9.17, 15) is 4.79 Å². The molecule has 0 aliphatic carbocycles. The van der Waals surface area contributed by atoms with Crippen molar-refractivity contribution in [3.63, 3.8) is 0 Å². The Morgan fingerprint density at radius 1 is 1.07 bits per heavy atom. The molecule has 0 saturated heterocycles. The highest BCUT2D eigenvalue weighted by Gasteiger charge is 2.26. The first-order chi connectivity index (χ1) is 14.2. The van der Waals surface area contributed by atoms with Gasteiger partial charge in [-0.05, 0) is 37.3 Å². The van der Waals surface area contributed by atoms with Crippen LogP contribution in [0.15, 0.2) is 81.7 Å². The first-order valence-corrected chi connectivity index (χ1v) is 9.98. The lowest BCUT2D eigenvalue weighted by Crippen LogP contribution is -2.21. The number of oxazole rings is 1. The number of halogens is 1. The van der Waals surface area contributed by atoms with Crippen LogP contribution >= 0.6 is 15.9 Å². The van der Waals surface area contributed by atoms with E-state index in [1.807, 2.05) is 66.7 Å². The van der Waals surface area contributed by atoms with Crippen LogP contribution in [0.1, 0.15) is 18.6 Å². The number of nitrogens with zero attached hydrogens (tertiary/aromatic N) is 1. The maximum Gasteiger partial charge on any atom is 0.352 e. The standard InChI is InChI=1S/C23H18BrNO4/c1-2-27-23(26)21(15-8-4-3-5-9-15)28-19-13-12-16(24)14-17(19)22-25-18-10-6-7-11-20(18)29-22/h3-14,21H,2H2,1H3. The molecule has 146 valence electrons. The molecule has 1 heterocycles. The van der Waals surface area contributed by atoms with Crippen LogP contribution in [0.3, 0.4) is 0 Å². The Kier molecular flexibility index (Phi) is 5.62. The molecule has 29 heavy (non-hydrogen) atoms. The highest BCUT2D eigenvalue weighted by molar-refractivity contribution is 9.10. The van der Waals surface area contributed by atoms with Crippen molar-refractivity contribution in [1.29, 1.82) is 0 Å². The van der Waals surface area contributed by atoms with Crippen LogP contribution in [0.2, 0.25) is 0 Å². The van der Waals surface area contributed by atoms with Gasteiger partial charge in [0.1, 0.15) is 11.3 Å². The molecule has 1 aromatic heterocycles. The number of ether oxygens (including phenoxy) is 2. The van der Waals surface area contributed by atoms with Gasteiger partial charge in [-0.3, -0.25) is 0 Å². The number of rotatable bonds is 6. The summed E-state index contributed by atoms with van der Waals surface area (Å²) in [7, 11) is 0. The molecule has 4 aromatic rings. The number of hydrogen-bond acceptors (Lipinski definition) is 5. The molecule has 0 radical (unpaired) electrons. The van der Waals surface area contributed by atoms with Gasteiger partial charge in [-0.1, -0.05) is 58.4 Å². The second-order valence-electron chi connectivity index (χ2n) is 6.29. The summed E-state index contributed by atoms with van der Waals surface area (Å²) in [5, 5.41) is 0. The molecule has 0 aliphatic heterocycles. The number of para-hydroxylation sites is 2. The molecular formula is C23H18BrNO4. The average Bonchev–Trinajstić information content (AvgIpc) is 3.17. The molecule has 0 bridgehead atoms. The summed E-state index contributed by atoms with van der Waals surface area (Å²) >= 11 is 3.49. The fraction of sp³-hybridized carbons (Fsp3) is 0.130. The lowest BCUT2D eigenvalue weighted by atomic mass is 10.1. The van der Waals surface area contributed by atoms with E-state index in [2.05, 4.69) is 20.9 Å². The van der Waals surface area contributed by atoms with Gasteiger partial charge >= 0.3 is 5.97 Å². The van der Waals surface area contributed by atoms with E-state index < -0.39 is 12.1 Å². The van der Waals surface area contributed by atoms with Crippen LogP contribution in [-0.4, -0.2) is 17.6 Å². The Labute approximate surface area is 176 Å². The fourth-order valence-electron chi connectivity index (χ4n) is 2.98. The molecule has 0 N–H and O–H groups in total. The van der Waals surface area contributed by atoms with Crippen molar-refractivity contribution in [2.24, 2.45) is 0 Å². The minimum Gasteiger partial charge on any atom is -0.473 e. The maximum absolute atomic E-state index is 12.6. The lowest BCUT2D eigenvalue weighted by molar-refractivity contribution is -0.151. The van der Waals surface area contributed by atoms with Gasteiger partial charge in [-0.15, -0.1) is 0 Å². The average molecular weight is 452 g/mol. The summed E-state index contributed by atoms with van der Waals surface area (Å²) in [6.07, 6.45) is -0.902. The minimum absolute atomic E-state index is 0.268. The smallest absolute Gasteiger partial charge is 0.352 e. The molecule has 1 atom stereocenters. The molecule has 5 nitrogen and oxygen atoms in total. The van der Waals surface area contributed by atoms with Crippen LogP contribution in [0.4, 0.5) is 0 Å². The van der Waals surface area contributed by atoms with E-state index >= 15 is 0 Å². The van der Waals surface area contributed by atoms with Crippen LogP contribution in [0.5, 0.6) is 5.75 Å². The van der Waals surface area contributed by atoms with Gasteiger partial charge in [-0.25, -0.2) is 9.78 Å². The quantitative estimate of drug-likeness (QED) is 0.339. The Balaban J connectivity index is 1.76. The fourth-order valence-corrected chi connectivity index (χ4v) is 3.35. The minimum atomic E-state index is -0.902. The number of carbonyl (C=O) groups is 1. The van der Waals surface area contributed by atoms with Crippen LogP contribution in [0.25, 0.3) is 22.6 Å². The second-order valence-corrected chi connectivity index (χ2v) is 7.20. The van der Waals surface area contributed by atoms with Crippen molar-refractivity contribution in [1.82, 2.24) is 4.98 Å². The number of fused-ring (bicyclic) bond motifs is 1. The van der Waals surface area contributed by atoms with E-state index in [1.54, 1.807) is 13.0 Å². The monoisotopic (exact) mass is 451 g/mol. The van der Waals surface area contributed by atoms with Gasteiger partial charge < -0.3 is 13.9 Å². The summed E-state index contributed by atoms with van der Waals surface area (Å²) in [5.74, 6) is 0.435. The van der Waals surface area contributed by atoms with Gasteiger partial charge in [0.2, 0.25) is 12.0 Å². The highest BCUT2D eigenvalue weighted by atomic mass is 79.9. The molecule has 6 heteroatoms. The first kappa shape index (κ1) is 19.2. The zero-order chi connectivity index (χ0) is 20.2. The van der Waals surface area contributed by atoms with Crippen molar-refractivity contribution >= 4 is 33.0 Å². The molecule has 3 aromatic carbocycles. The number of aromatic nitrogens is 1. The molecule has 0 saturated carbocycles. The van der Waals surface area contributed by atoms with Crippen LogP contribution < -0.4 is 4.74 Å². The second kappa shape index (κ2) is 8.49. The summed E-state index contributed by atoms with van der Waals surface area (Å²) in [6.45, 7) is 2.03. The Morgan fingerprint density at radius 3 is 2.59 bits per heavy atom. The normalized spacial score (nSPS) is 11.9. The predicted octanol–water partition coefficient (Wildman–Crippen LogP) is 5.94. The van der Waals surface area contributed by atoms with Crippen molar-refractivity contribution in [3.05, 3.63) is 82.8 Å². The third-order valence-electron chi connectivity index (χ3n) is 4.31. The first-order valence-electron chi connectivity index (χ1n) is 9.19. The van der Waals surface area contributed by atoms with E-state index in [1.165, 1.54) is 0 Å². The topological polar surface area (TPSA) is 61.6 Å². The molecule has 0 amide bonds. The van der Waals surface area contributed by atoms with Crippen LogP contribution in [-0.2, 0) is 9.53 Å². The largest absolute Gasteiger partial charge is 0.473 e. The molecule has 0 fully saturated rings. The Bertz CT molecular complexity index is 1110. The molecule has 4 rings (SSSR count). The van der Waals surface area contributed by atoms with Crippen molar-refractivity contribution in [2.45, 2.75) is 13.0 Å². The Morgan fingerprint density at radius 2 is 1.83 bits per heavy atom. The maximum atomic E-state index is 12.6. The number of benzene rings is 3. The van der Waals surface area contributed by atoms with Crippen molar-refractivity contribution in [3.8, 4) is 17.2 Å². The zero-order valence-electron chi connectivity index (χ0n) is 15.7. The van der Waals surface area contributed by atoms with E-state index in [-0.39, 0.29) is 6.61 Å². The van der Waals surface area contributed by atoms with Gasteiger partial charge in [0.15, 0.2) is 5.58 Å². The molecule has 0 spiro atoms. The van der Waals surface area contributed by atoms with E-state index in [4.69, 9.17) is 13.9 Å². The lowest BCUT2D eigenvalue weighted by Gasteiger charge is -2.19. The van der Waals surface area contributed by atoms with Crippen molar-refractivity contribution in [2.75, 3.05) is 6.61 Å². The third-order valence-corrected chi connectivity index (χ3v) is 4.81. The Hall–Kier alpha value is -3.12. The summed E-state index contributed by atoms with van der Waals surface area (Å²) in [6, 6.07) is 22.3. The van der Waals surface area contributed by atoms with Gasteiger partial charge in [0, 0.05) is 10.0 Å².